The Labute approximate surface area is 216 Å². The van der Waals surface area contributed by atoms with Crippen LogP contribution in [0.15, 0.2) is 41.3 Å². The number of nitrogens with zero attached hydrogens (tertiary/aromatic N) is 2. The lowest BCUT2D eigenvalue weighted by Crippen LogP contribution is -2.35. The second-order valence-electron chi connectivity index (χ2n) is 7.52. The molecule has 6 nitrogen and oxygen atoms in total. The molecule has 1 amide bonds. The van der Waals surface area contributed by atoms with Crippen molar-refractivity contribution in [1.29, 1.82) is 5.26 Å². The summed E-state index contributed by atoms with van der Waals surface area (Å²) in [5, 5.41) is 9.29. The Morgan fingerprint density at radius 3 is 2.94 bits per heavy atom. The molecule has 0 spiro atoms. The highest BCUT2D eigenvalue weighted by Gasteiger charge is 2.34. The fourth-order valence-electron chi connectivity index (χ4n) is 3.67. The third-order valence-electron chi connectivity index (χ3n) is 5.34. The molecular formula is C24H21IN2O4S2. The van der Waals surface area contributed by atoms with Crippen LogP contribution >= 0.6 is 46.6 Å². The summed E-state index contributed by atoms with van der Waals surface area (Å²) in [5.74, 6) is 1.05. The van der Waals surface area contributed by atoms with E-state index in [9.17, 15) is 10.1 Å². The summed E-state index contributed by atoms with van der Waals surface area (Å²) in [6, 6.07) is 13.3. The Morgan fingerprint density at radius 2 is 2.21 bits per heavy atom. The van der Waals surface area contributed by atoms with Crippen LogP contribution < -0.4 is 9.47 Å². The van der Waals surface area contributed by atoms with Crippen molar-refractivity contribution < 1.29 is 19.0 Å². The number of carbonyl (C=O) groups is 1. The number of thiocarbonyl (C=S) groups is 1. The number of carbonyl (C=O) groups excluding carboxylic acids is 1. The second kappa shape index (κ2) is 10.9. The summed E-state index contributed by atoms with van der Waals surface area (Å²) >= 11 is 8.93. The van der Waals surface area contributed by atoms with E-state index >= 15 is 0 Å². The molecule has 0 bridgehead atoms. The number of amides is 1. The molecule has 1 atom stereocenters. The average Bonchev–Trinajstić information content (AvgIpc) is 3.42. The SMILES string of the molecule is COc1cc(/C=C2\SC(=S)N(C[C@H]3CCCO3)C2=O)cc(I)c1OCc1ccccc1C#N. The molecule has 2 aromatic carbocycles. The van der Waals surface area contributed by atoms with Crippen LogP contribution in [0.2, 0.25) is 0 Å². The minimum absolute atomic E-state index is 0.0514. The maximum atomic E-state index is 12.9. The third-order valence-corrected chi connectivity index (χ3v) is 7.52. The lowest BCUT2D eigenvalue weighted by atomic mass is 10.1. The molecule has 2 aromatic rings. The van der Waals surface area contributed by atoms with Crippen LogP contribution in [-0.2, 0) is 16.1 Å². The van der Waals surface area contributed by atoms with Gasteiger partial charge in [-0.1, -0.05) is 42.2 Å². The van der Waals surface area contributed by atoms with Crippen LogP contribution in [0, 0.1) is 14.9 Å². The molecule has 2 aliphatic rings. The zero-order valence-corrected chi connectivity index (χ0v) is 21.7. The van der Waals surface area contributed by atoms with Gasteiger partial charge in [-0.25, -0.2) is 0 Å². The number of benzene rings is 2. The predicted octanol–water partition coefficient (Wildman–Crippen LogP) is 5.13. The van der Waals surface area contributed by atoms with Crippen molar-refractivity contribution in [3.8, 4) is 17.6 Å². The van der Waals surface area contributed by atoms with Crippen molar-refractivity contribution in [3.63, 3.8) is 0 Å². The maximum absolute atomic E-state index is 12.9. The minimum Gasteiger partial charge on any atom is -0.493 e. The van der Waals surface area contributed by atoms with Crippen molar-refractivity contribution in [2.24, 2.45) is 0 Å². The standard InChI is InChI=1S/C24H21IN2O4S2/c1-29-20-10-15(9-19(25)22(20)31-14-17-6-3-2-5-16(17)12-26)11-21-23(28)27(24(32)33-21)13-18-7-4-8-30-18/h2-3,5-6,9-11,18H,4,7-8,13-14H2,1H3/b21-11-/t18-/m1/s1. The first kappa shape index (κ1) is 24.0. The van der Waals surface area contributed by atoms with Crippen molar-refractivity contribution in [1.82, 2.24) is 4.90 Å². The summed E-state index contributed by atoms with van der Waals surface area (Å²) in [5.41, 5.74) is 2.20. The van der Waals surface area contributed by atoms with Crippen molar-refractivity contribution in [3.05, 3.63) is 61.6 Å². The van der Waals surface area contributed by atoms with Gasteiger partial charge in [-0.3, -0.25) is 9.69 Å². The van der Waals surface area contributed by atoms with Gasteiger partial charge < -0.3 is 14.2 Å². The van der Waals surface area contributed by atoms with Crippen molar-refractivity contribution in [2.75, 3.05) is 20.3 Å². The minimum atomic E-state index is -0.0945. The van der Waals surface area contributed by atoms with E-state index in [1.807, 2.05) is 36.4 Å². The van der Waals surface area contributed by atoms with Crippen molar-refractivity contribution >= 4 is 62.9 Å². The number of hydrogen-bond acceptors (Lipinski definition) is 7. The summed E-state index contributed by atoms with van der Waals surface area (Å²) < 4.78 is 18.6. The van der Waals surface area contributed by atoms with E-state index in [4.69, 9.17) is 26.4 Å². The smallest absolute Gasteiger partial charge is 0.266 e. The fourth-order valence-corrected chi connectivity index (χ4v) is 5.73. The van der Waals surface area contributed by atoms with Crippen molar-refractivity contribution in [2.45, 2.75) is 25.6 Å². The first-order chi connectivity index (χ1) is 16.0. The van der Waals surface area contributed by atoms with Crippen LogP contribution in [0.4, 0.5) is 0 Å². The van der Waals surface area contributed by atoms with Gasteiger partial charge in [-0.05, 0) is 65.3 Å². The van der Waals surface area contributed by atoms with Gasteiger partial charge >= 0.3 is 0 Å². The van der Waals surface area contributed by atoms with Crippen LogP contribution in [0.1, 0.15) is 29.5 Å². The first-order valence-electron chi connectivity index (χ1n) is 10.4. The number of thioether (sulfide) groups is 1. The van der Waals surface area contributed by atoms with Crippen LogP contribution in [0.3, 0.4) is 0 Å². The molecule has 0 N–H and O–H groups in total. The lowest BCUT2D eigenvalue weighted by molar-refractivity contribution is -0.123. The van der Waals surface area contributed by atoms with Gasteiger partial charge in [-0.15, -0.1) is 0 Å². The van der Waals surface area contributed by atoms with E-state index < -0.39 is 0 Å². The molecule has 2 saturated heterocycles. The molecule has 0 saturated carbocycles. The number of methoxy groups -OCH3 is 1. The molecule has 0 unspecified atom stereocenters. The average molecular weight is 592 g/mol. The number of hydrogen-bond donors (Lipinski definition) is 0. The molecule has 0 radical (unpaired) electrons. The zero-order chi connectivity index (χ0) is 23.4. The number of nitriles is 1. The normalized spacial score (nSPS) is 19.2. The topological polar surface area (TPSA) is 71.8 Å². The second-order valence-corrected chi connectivity index (χ2v) is 10.4. The zero-order valence-electron chi connectivity index (χ0n) is 17.9. The highest BCUT2D eigenvalue weighted by atomic mass is 127. The first-order valence-corrected chi connectivity index (χ1v) is 12.7. The van der Waals surface area contributed by atoms with E-state index in [2.05, 4.69) is 28.7 Å². The van der Waals surface area contributed by atoms with E-state index in [1.54, 1.807) is 18.1 Å². The molecular weight excluding hydrogens is 571 g/mol. The summed E-state index contributed by atoms with van der Waals surface area (Å²) in [4.78, 5) is 15.2. The molecule has 33 heavy (non-hydrogen) atoms. The predicted molar refractivity (Wildman–Crippen MR) is 140 cm³/mol. The molecule has 170 valence electrons. The van der Waals surface area contributed by atoms with Gasteiger partial charge in [0.1, 0.15) is 10.9 Å². The third kappa shape index (κ3) is 5.51. The highest BCUT2D eigenvalue weighted by Crippen LogP contribution is 2.38. The Kier molecular flexibility index (Phi) is 7.90. The summed E-state index contributed by atoms with van der Waals surface area (Å²) in [7, 11) is 1.58. The van der Waals surface area contributed by atoms with Gasteiger partial charge in [0.05, 0.1) is 39.9 Å². The van der Waals surface area contributed by atoms with E-state index in [0.717, 1.165) is 34.1 Å². The lowest BCUT2D eigenvalue weighted by Gasteiger charge is -2.18. The van der Waals surface area contributed by atoms with Gasteiger partial charge in [0, 0.05) is 12.2 Å². The Balaban J connectivity index is 1.52. The number of ether oxygens (including phenoxy) is 3. The molecule has 0 aromatic heterocycles. The van der Waals surface area contributed by atoms with E-state index in [1.165, 1.54) is 11.8 Å². The highest BCUT2D eigenvalue weighted by molar-refractivity contribution is 14.1. The van der Waals surface area contributed by atoms with Gasteiger partial charge in [0.15, 0.2) is 11.5 Å². The molecule has 0 aliphatic carbocycles. The maximum Gasteiger partial charge on any atom is 0.266 e. The quantitative estimate of drug-likeness (QED) is 0.251. The van der Waals surface area contributed by atoms with Gasteiger partial charge in [0.2, 0.25) is 0 Å². The molecule has 9 heteroatoms. The van der Waals surface area contributed by atoms with Crippen LogP contribution in [-0.4, -0.2) is 41.5 Å². The number of halogens is 1. The summed E-state index contributed by atoms with van der Waals surface area (Å²) in [6.07, 6.45) is 3.85. The Bertz CT molecular complexity index is 1160. The van der Waals surface area contributed by atoms with E-state index in [-0.39, 0.29) is 18.6 Å². The van der Waals surface area contributed by atoms with Crippen LogP contribution in [0.25, 0.3) is 6.08 Å². The van der Waals surface area contributed by atoms with Gasteiger partial charge in [0.25, 0.3) is 5.91 Å². The van der Waals surface area contributed by atoms with E-state index in [0.29, 0.717) is 32.8 Å². The molecule has 4 rings (SSSR count). The molecule has 2 fully saturated rings. The molecule has 2 aliphatic heterocycles. The summed E-state index contributed by atoms with van der Waals surface area (Å²) in [6.45, 7) is 1.49. The fraction of sp³-hybridized carbons (Fsp3) is 0.292. The number of rotatable bonds is 7. The van der Waals surface area contributed by atoms with Gasteiger partial charge in [-0.2, -0.15) is 5.26 Å². The monoisotopic (exact) mass is 592 g/mol. The van der Waals surface area contributed by atoms with Crippen LogP contribution in [0.5, 0.6) is 11.5 Å². The Hall–Kier alpha value is -2.13. The Morgan fingerprint density at radius 1 is 1.39 bits per heavy atom. The largest absolute Gasteiger partial charge is 0.493 e. The molecule has 2 heterocycles.